The van der Waals surface area contributed by atoms with Crippen molar-refractivity contribution < 1.29 is 19.0 Å². The van der Waals surface area contributed by atoms with Crippen LogP contribution in [0.2, 0.25) is 0 Å². The van der Waals surface area contributed by atoms with Crippen molar-refractivity contribution >= 4 is 40.4 Å². The van der Waals surface area contributed by atoms with Crippen LogP contribution in [0.4, 0.5) is 11.5 Å². The number of benzene rings is 2. The lowest BCUT2D eigenvalue weighted by Crippen LogP contribution is -2.28. The molecule has 7 nitrogen and oxygen atoms in total. The smallest absolute Gasteiger partial charge is 0.271 e. The summed E-state index contributed by atoms with van der Waals surface area (Å²) in [5.74, 6) is 1.86. The molecule has 32 heavy (non-hydrogen) atoms. The summed E-state index contributed by atoms with van der Waals surface area (Å²) in [6, 6.07) is 18.5. The van der Waals surface area contributed by atoms with E-state index in [0.29, 0.717) is 33.1 Å². The minimum Gasteiger partial charge on any atom is -0.493 e. The molecule has 0 bridgehead atoms. The Morgan fingerprint density at radius 2 is 1.62 bits per heavy atom. The van der Waals surface area contributed by atoms with Crippen molar-refractivity contribution in [1.82, 2.24) is 4.98 Å². The number of aliphatic imine (C=N–C) groups is 1. The molecule has 4 rings (SSSR count). The molecule has 1 aromatic heterocycles. The minimum absolute atomic E-state index is 0.176. The Balaban J connectivity index is 1.78. The second-order valence-electron chi connectivity index (χ2n) is 6.63. The van der Waals surface area contributed by atoms with Gasteiger partial charge in [0.05, 0.1) is 31.9 Å². The molecule has 0 unspecified atom stereocenters. The molecule has 0 radical (unpaired) electrons. The van der Waals surface area contributed by atoms with Gasteiger partial charge < -0.3 is 14.2 Å². The fourth-order valence-electron chi connectivity index (χ4n) is 3.21. The van der Waals surface area contributed by atoms with Crippen molar-refractivity contribution in [3.8, 4) is 17.2 Å². The molecular formula is C24H21N3O4S. The number of hydrogen-bond acceptors (Lipinski definition) is 7. The van der Waals surface area contributed by atoms with Crippen molar-refractivity contribution in [3.05, 3.63) is 77.3 Å². The second kappa shape index (κ2) is 9.57. The Kier molecular flexibility index (Phi) is 6.42. The summed E-state index contributed by atoms with van der Waals surface area (Å²) >= 11 is 1.28. The largest absolute Gasteiger partial charge is 0.493 e. The van der Waals surface area contributed by atoms with E-state index >= 15 is 0 Å². The third-order valence-electron chi connectivity index (χ3n) is 4.67. The number of hydrogen-bond donors (Lipinski definition) is 0. The molecule has 0 N–H and O–H groups in total. The van der Waals surface area contributed by atoms with E-state index < -0.39 is 0 Å². The zero-order chi connectivity index (χ0) is 22.5. The molecule has 162 valence electrons. The first kappa shape index (κ1) is 21.5. The fraction of sp³-hybridized carbons (Fsp3) is 0.125. The average molecular weight is 448 g/mol. The van der Waals surface area contributed by atoms with E-state index in [1.807, 2.05) is 42.5 Å². The molecule has 1 saturated heterocycles. The molecule has 0 aliphatic carbocycles. The highest BCUT2D eigenvalue weighted by Gasteiger charge is 2.35. The normalized spacial score (nSPS) is 16.0. The number of aromatic nitrogens is 1. The summed E-state index contributed by atoms with van der Waals surface area (Å²) in [5, 5.41) is 0.526. The Morgan fingerprint density at radius 3 is 2.22 bits per heavy atom. The summed E-state index contributed by atoms with van der Waals surface area (Å²) < 4.78 is 16.3. The van der Waals surface area contributed by atoms with Gasteiger partial charge in [-0.1, -0.05) is 24.3 Å². The molecule has 0 atom stereocenters. The number of pyridine rings is 1. The fourth-order valence-corrected chi connectivity index (χ4v) is 4.20. The van der Waals surface area contributed by atoms with Crippen molar-refractivity contribution in [3.63, 3.8) is 0 Å². The van der Waals surface area contributed by atoms with Crippen LogP contribution in [0, 0.1) is 0 Å². The van der Waals surface area contributed by atoms with E-state index in [4.69, 9.17) is 14.2 Å². The zero-order valence-electron chi connectivity index (χ0n) is 17.8. The van der Waals surface area contributed by atoms with E-state index in [-0.39, 0.29) is 5.91 Å². The summed E-state index contributed by atoms with van der Waals surface area (Å²) in [6.07, 6.45) is 3.45. The highest BCUT2D eigenvalue weighted by molar-refractivity contribution is 8.19. The van der Waals surface area contributed by atoms with Gasteiger partial charge in [0.25, 0.3) is 5.91 Å². The van der Waals surface area contributed by atoms with Gasteiger partial charge in [-0.2, -0.15) is 0 Å². The van der Waals surface area contributed by atoms with E-state index in [1.165, 1.54) is 11.8 Å². The van der Waals surface area contributed by atoms with Crippen LogP contribution in [-0.2, 0) is 4.79 Å². The summed E-state index contributed by atoms with van der Waals surface area (Å²) in [6.45, 7) is 0. The lowest BCUT2D eigenvalue weighted by atomic mass is 10.1. The van der Waals surface area contributed by atoms with Gasteiger partial charge in [-0.3, -0.25) is 9.69 Å². The van der Waals surface area contributed by atoms with Gasteiger partial charge in [0.2, 0.25) is 5.75 Å². The second-order valence-corrected chi connectivity index (χ2v) is 7.64. The number of amides is 1. The predicted molar refractivity (Wildman–Crippen MR) is 127 cm³/mol. The standard InChI is InChI=1S/C24H21N3O4S/c1-29-18-13-16(14-19(30-2)22(18)31-3)15-20-23(28)27(17-9-5-4-6-10-17)24(32-20)26-21-11-7-8-12-25-21/h4-15H,1-3H3/b20-15-,26-24+. The molecule has 3 aromatic rings. The molecule has 1 fully saturated rings. The quantitative estimate of drug-likeness (QED) is 0.500. The van der Waals surface area contributed by atoms with Crippen LogP contribution in [-0.4, -0.2) is 37.4 Å². The number of thioether (sulfide) groups is 1. The number of nitrogens with zero attached hydrogens (tertiary/aromatic N) is 3. The molecule has 2 aromatic carbocycles. The van der Waals surface area contributed by atoms with Gasteiger partial charge in [0.1, 0.15) is 0 Å². The number of carbonyl (C=O) groups excluding carboxylic acids is 1. The first-order valence-electron chi connectivity index (χ1n) is 9.73. The van der Waals surface area contributed by atoms with Crippen LogP contribution in [0.3, 0.4) is 0 Å². The SMILES string of the molecule is COc1cc(/C=C2\S/C(=N/c3ccccn3)N(c3ccccc3)C2=O)cc(OC)c1OC. The number of anilines is 1. The van der Waals surface area contributed by atoms with Crippen LogP contribution in [0.15, 0.2) is 76.8 Å². The Bertz CT molecular complexity index is 1160. The molecular weight excluding hydrogens is 426 g/mol. The first-order valence-corrected chi connectivity index (χ1v) is 10.5. The molecule has 1 aliphatic rings. The number of carbonyl (C=O) groups is 1. The van der Waals surface area contributed by atoms with E-state index in [2.05, 4.69) is 9.98 Å². The van der Waals surface area contributed by atoms with Gasteiger partial charge in [-0.05, 0) is 59.8 Å². The van der Waals surface area contributed by atoms with Crippen molar-refractivity contribution in [2.75, 3.05) is 26.2 Å². The van der Waals surface area contributed by atoms with Crippen molar-refractivity contribution in [1.29, 1.82) is 0 Å². The maximum atomic E-state index is 13.4. The molecule has 1 aliphatic heterocycles. The number of amidine groups is 1. The minimum atomic E-state index is -0.176. The Labute approximate surface area is 190 Å². The van der Waals surface area contributed by atoms with Gasteiger partial charge in [0, 0.05) is 6.20 Å². The Morgan fingerprint density at radius 1 is 0.938 bits per heavy atom. The molecule has 0 saturated carbocycles. The maximum Gasteiger partial charge on any atom is 0.271 e. The van der Waals surface area contributed by atoms with Crippen LogP contribution in [0.25, 0.3) is 6.08 Å². The van der Waals surface area contributed by atoms with Crippen LogP contribution in [0.1, 0.15) is 5.56 Å². The third-order valence-corrected chi connectivity index (χ3v) is 5.63. The van der Waals surface area contributed by atoms with Crippen LogP contribution >= 0.6 is 11.8 Å². The van der Waals surface area contributed by atoms with Crippen LogP contribution < -0.4 is 19.1 Å². The number of rotatable bonds is 6. The van der Waals surface area contributed by atoms with Gasteiger partial charge in [0.15, 0.2) is 22.5 Å². The predicted octanol–water partition coefficient (Wildman–Crippen LogP) is 4.92. The summed E-state index contributed by atoms with van der Waals surface area (Å²) in [4.78, 5) is 24.4. The van der Waals surface area contributed by atoms with Crippen molar-refractivity contribution in [2.24, 2.45) is 4.99 Å². The van der Waals surface area contributed by atoms with E-state index in [0.717, 1.165) is 11.3 Å². The summed E-state index contributed by atoms with van der Waals surface area (Å²) in [7, 11) is 4.66. The lowest BCUT2D eigenvalue weighted by Gasteiger charge is -2.15. The van der Waals surface area contributed by atoms with Gasteiger partial charge >= 0.3 is 0 Å². The van der Waals surface area contributed by atoms with E-state index in [9.17, 15) is 4.79 Å². The van der Waals surface area contributed by atoms with Crippen molar-refractivity contribution in [2.45, 2.75) is 0 Å². The molecule has 1 amide bonds. The number of methoxy groups -OCH3 is 3. The molecule has 2 heterocycles. The topological polar surface area (TPSA) is 73.3 Å². The highest BCUT2D eigenvalue weighted by atomic mass is 32.2. The number of para-hydroxylation sites is 1. The lowest BCUT2D eigenvalue weighted by molar-refractivity contribution is -0.113. The van der Waals surface area contributed by atoms with Gasteiger partial charge in [-0.25, -0.2) is 9.98 Å². The Hall–Kier alpha value is -3.78. The average Bonchev–Trinajstić information content (AvgIpc) is 3.13. The molecule has 0 spiro atoms. The summed E-state index contributed by atoms with van der Waals surface area (Å²) in [5.41, 5.74) is 1.47. The van der Waals surface area contributed by atoms with Gasteiger partial charge in [-0.15, -0.1) is 0 Å². The monoisotopic (exact) mass is 447 g/mol. The zero-order valence-corrected chi connectivity index (χ0v) is 18.6. The highest BCUT2D eigenvalue weighted by Crippen LogP contribution is 2.41. The third kappa shape index (κ3) is 4.31. The maximum absolute atomic E-state index is 13.4. The first-order chi connectivity index (χ1) is 15.6. The van der Waals surface area contributed by atoms with Crippen LogP contribution in [0.5, 0.6) is 17.2 Å². The van der Waals surface area contributed by atoms with E-state index in [1.54, 1.807) is 56.7 Å². The molecule has 8 heteroatoms. The number of ether oxygens (including phenoxy) is 3.